The largest absolute Gasteiger partial charge is 0.467 e. The highest BCUT2D eigenvalue weighted by atomic mass is 35.5. The number of allylic oxidation sites excluding steroid dienone is 4. The number of halogens is 3. The zero-order valence-electron chi connectivity index (χ0n) is 26.8. The summed E-state index contributed by atoms with van der Waals surface area (Å²) in [5, 5.41) is 12.7. The number of amides is 1. The molecule has 0 spiro atoms. The molecule has 7 aliphatic heterocycles. The third-order valence-electron chi connectivity index (χ3n) is 10.8. The molecule has 0 saturated carbocycles. The molecule has 0 radical (unpaired) electrons. The average Bonchev–Trinajstić information content (AvgIpc) is 3.61. The van der Waals surface area contributed by atoms with Gasteiger partial charge in [-0.25, -0.2) is 8.78 Å². The van der Waals surface area contributed by atoms with Crippen LogP contribution in [0.3, 0.4) is 0 Å². The number of methoxy groups -OCH3 is 1. The zero-order valence-corrected chi connectivity index (χ0v) is 28.3. The summed E-state index contributed by atoms with van der Waals surface area (Å²) in [5.74, 6) is -0.367. The lowest BCUT2D eigenvalue weighted by atomic mass is 9.81. The van der Waals surface area contributed by atoms with E-state index in [-0.39, 0.29) is 56.7 Å². The molecule has 1 aliphatic carbocycles. The maximum Gasteiger partial charge on any atom is 0.318 e. The van der Waals surface area contributed by atoms with E-state index in [1.807, 2.05) is 9.80 Å². The smallest absolute Gasteiger partial charge is 0.318 e. The highest BCUT2D eigenvalue weighted by molar-refractivity contribution is 8.04. The van der Waals surface area contributed by atoms with E-state index in [4.69, 9.17) is 22.1 Å². The fourth-order valence-electron chi connectivity index (χ4n) is 8.49. The number of benzene rings is 1. The first-order valence-corrected chi connectivity index (χ1v) is 17.8. The van der Waals surface area contributed by atoms with E-state index in [9.17, 15) is 14.4 Å². The molecule has 14 heteroatoms. The standard InChI is InChI=1S/C26H22ClF2N7O2S.C8H15N/c1-38-26-33-21-13(24(34-26)35-8-10-4-11(9-35)36(10)25(37)17-7-32-17)5-15(27)19(20(21)29)12-2-3-16(28)22-18(12)14(6-30)23(31)39-22;1-7-5-8-3-2-4-9(8)6-7/h2-3,5,10-11,17-18,22,32H,4,7-9,31H2,1H3;7-8H,2-6H2,1H3. The van der Waals surface area contributed by atoms with Crippen LogP contribution in [0, 0.1) is 29.0 Å². The van der Waals surface area contributed by atoms with Crippen molar-refractivity contribution in [2.24, 2.45) is 17.6 Å². The molecular formula is C34H37ClF2N8O2S. The van der Waals surface area contributed by atoms with Crippen LogP contribution in [0.15, 0.2) is 34.6 Å². The van der Waals surface area contributed by atoms with E-state index in [1.165, 1.54) is 51.6 Å². The lowest BCUT2D eigenvalue weighted by Gasteiger charge is -2.56. The predicted octanol–water partition coefficient (Wildman–Crippen LogP) is 4.36. The van der Waals surface area contributed by atoms with E-state index in [0.29, 0.717) is 36.4 Å². The second kappa shape index (κ2) is 12.2. The first-order valence-electron chi connectivity index (χ1n) is 16.6. The summed E-state index contributed by atoms with van der Waals surface area (Å²) in [6, 6.07) is 4.63. The minimum Gasteiger partial charge on any atom is -0.467 e. The Morgan fingerprint density at radius 1 is 1.19 bits per heavy atom. The Labute approximate surface area is 287 Å². The zero-order chi connectivity index (χ0) is 33.4. The second-order valence-electron chi connectivity index (χ2n) is 13.8. The molecule has 3 N–H and O–H groups in total. The second-order valence-corrected chi connectivity index (χ2v) is 15.4. The number of nitriles is 1. The molecule has 1 aromatic carbocycles. The number of hydrogen-bond acceptors (Lipinski definition) is 10. The minimum atomic E-state index is -0.781. The Morgan fingerprint density at radius 3 is 2.65 bits per heavy atom. The van der Waals surface area contributed by atoms with Crippen LogP contribution < -0.4 is 20.7 Å². The number of carbonyl (C=O) groups excluding carboxylic acids is 1. The number of nitrogens with zero attached hydrogens (tertiary/aromatic N) is 6. The monoisotopic (exact) mass is 694 g/mol. The number of aromatic nitrogens is 2. The number of nitrogens with one attached hydrogen (secondary N) is 1. The molecule has 7 unspecified atom stereocenters. The van der Waals surface area contributed by atoms with Gasteiger partial charge in [-0.15, -0.1) is 0 Å². The van der Waals surface area contributed by atoms with Crippen LogP contribution >= 0.6 is 23.4 Å². The topological polar surface area (TPSA) is 134 Å². The summed E-state index contributed by atoms with van der Waals surface area (Å²) in [4.78, 5) is 28.1. The number of piperazine rings is 1. The van der Waals surface area contributed by atoms with Crippen LogP contribution in [0.25, 0.3) is 16.5 Å². The SMILES string of the molecule is CC1CC2CCCN2C1.COc1nc(N2CC3CC(C2)N3C(=O)C2CN2)c2cc(Cl)c(C3=CC=C(F)C4SC(N)=C(C#N)C34)c(F)c2n1. The van der Waals surface area contributed by atoms with Gasteiger partial charge in [0.25, 0.3) is 0 Å². The van der Waals surface area contributed by atoms with Crippen molar-refractivity contribution in [2.75, 3.05) is 44.7 Å². The Kier molecular flexibility index (Phi) is 8.06. The van der Waals surface area contributed by atoms with Gasteiger partial charge in [0.05, 0.1) is 52.2 Å². The summed E-state index contributed by atoms with van der Waals surface area (Å²) in [6.45, 7) is 6.93. The minimum absolute atomic E-state index is 0.000746. The van der Waals surface area contributed by atoms with Crippen molar-refractivity contribution in [1.82, 2.24) is 25.1 Å². The molecule has 6 saturated heterocycles. The van der Waals surface area contributed by atoms with E-state index in [1.54, 1.807) is 6.07 Å². The maximum atomic E-state index is 16.4. The number of fused-ring (bicyclic) bond motifs is 5. The van der Waals surface area contributed by atoms with Crippen LogP contribution in [0.5, 0.6) is 6.01 Å². The summed E-state index contributed by atoms with van der Waals surface area (Å²) in [7, 11) is 1.40. The molecule has 48 heavy (non-hydrogen) atoms. The van der Waals surface area contributed by atoms with Crippen LogP contribution in [0.2, 0.25) is 5.02 Å². The molecule has 10 rings (SSSR count). The quantitative estimate of drug-likeness (QED) is 0.445. The Hall–Kier alpha value is -3.44. The third-order valence-corrected chi connectivity index (χ3v) is 12.3. The van der Waals surface area contributed by atoms with Gasteiger partial charge in [0.1, 0.15) is 17.2 Å². The number of rotatable bonds is 4. The summed E-state index contributed by atoms with van der Waals surface area (Å²) in [6.07, 6.45) is 8.01. The highest BCUT2D eigenvalue weighted by Crippen LogP contribution is 2.53. The molecule has 1 amide bonds. The Balaban J connectivity index is 0.000000321. The number of piperidine rings is 1. The highest BCUT2D eigenvalue weighted by Gasteiger charge is 2.51. The van der Waals surface area contributed by atoms with Gasteiger partial charge in [0, 0.05) is 49.1 Å². The molecule has 8 aliphatic rings. The van der Waals surface area contributed by atoms with Gasteiger partial charge in [-0.2, -0.15) is 15.2 Å². The van der Waals surface area contributed by atoms with Crippen molar-refractivity contribution < 1.29 is 18.3 Å². The molecule has 2 bridgehead atoms. The number of ether oxygens (including phenoxy) is 1. The number of nitrogens with two attached hydrogens (primary N) is 1. The first kappa shape index (κ1) is 31.8. The summed E-state index contributed by atoms with van der Waals surface area (Å²) >= 11 is 7.77. The normalized spacial score (nSPS) is 31.7. The molecule has 2 aromatic rings. The van der Waals surface area contributed by atoms with E-state index >= 15 is 4.39 Å². The van der Waals surface area contributed by atoms with Crippen LogP contribution in [0.4, 0.5) is 14.6 Å². The van der Waals surface area contributed by atoms with Gasteiger partial charge in [-0.1, -0.05) is 36.4 Å². The van der Waals surface area contributed by atoms with Crippen LogP contribution in [0.1, 0.15) is 38.2 Å². The summed E-state index contributed by atoms with van der Waals surface area (Å²) < 4.78 is 36.4. The van der Waals surface area contributed by atoms with Gasteiger partial charge in [-0.05, 0) is 55.9 Å². The van der Waals surface area contributed by atoms with Crippen molar-refractivity contribution >= 4 is 51.6 Å². The number of carbonyl (C=O) groups is 1. The molecule has 6 fully saturated rings. The Morgan fingerprint density at radius 2 is 1.96 bits per heavy atom. The van der Waals surface area contributed by atoms with Gasteiger partial charge in [0.2, 0.25) is 5.91 Å². The van der Waals surface area contributed by atoms with Crippen LogP contribution in [-0.4, -0.2) is 94.9 Å². The molecule has 252 valence electrons. The van der Waals surface area contributed by atoms with Crippen LogP contribution in [-0.2, 0) is 4.79 Å². The fourth-order valence-corrected chi connectivity index (χ4v) is 9.98. The summed E-state index contributed by atoms with van der Waals surface area (Å²) in [5.41, 5.74) is 6.60. The van der Waals surface area contributed by atoms with Gasteiger partial charge < -0.3 is 30.5 Å². The van der Waals surface area contributed by atoms with E-state index in [2.05, 4.69) is 33.2 Å². The molecular weight excluding hydrogens is 658 g/mol. The van der Waals surface area contributed by atoms with Crippen molar-refractivity contribution in [1.29, 1.82) is 5.26 Å². The lowest BCUT2D eigenvalue weighted by molar-refractivity contribution is -0.145. The fraction of sp³-hybridized carbons (Fsp3) is 0.529. The van der Waals surface area contributed by atoms with E-state index in [0.717, 1.165) is 30.1 Å². The molecule has 8 heterocycles. The predicted molar refractivity (Wildman–Crippen MR) is 181 cm³/mol. The average molecular weight is 695 g/mol. The van der Waals surface area contributed by atoms with Gasteiger partial charge in [0.15, 0.2) is 5.82 Å². The maximum absolute atomic E-state index is 16.4. The molecule has 10 nitrogen and oxygen atoms in total. The number of anilines is 1. The Bertz CT molecular complexity index is 1820. The van der Waals surface area contributed by atoms with Crippen molar-refractivity contribution in [3.8, 4) is 12.1 Å². The van der Waals surface area contributed by atoms with Crippen molar-refractivity contribution in [3.05, 3.63) is 51.1 Å². The molecule has 7 atom stereocenters. The molecule has 1 aromatic heterocycles. The van der Waals surface area contributed by atoms with Crippen molar-refractivity contribution in [3.63, 3.8) is 0 Å². The first-order chi connectivity index (χ1) is 23.2. The lowest BCUT2D eigenvalue weighted by Crippen LogP contribution is -2.71. The van der Waals surface area contributed by atoms with Gasteiger partial charge in [-0.3, -0.25) is 4.79 Å². The third kappa shape index (κ3) is 5.23. The van der Waals surface area contributed by atoms with Gasteiger partial charge >= 0.3 is 6.01 Å². The number of hydrogen-bond donors (Lipinski definition) is 2. The van der Waals surface area contributed by atoms with Crippen molar-refractivity contribution in [2.45, 2.75) is 62.0 Å². The van der Waals surface area contributed by atoms with E-state index < -0.39 is 22.8 Å². The number of thioether (sulfide) groups is 1.